The number of ether oxygens (including phenoxy) is 5. The number of nitrogens with two attached hydrogens (primary N) is 1. The molecule has 3 unspecified atom stereocenters. The molecule has 12 aliphatic carbocycles. The molecule has 0 saturated heterocycles. The fourth-order valence-corrected chi connectivity index (χ4v) is 32.5. The van der Waals surface area contributed by atoms with Crippen LogP contribution >= 0.6 is 0 Å². The Morgan fingerprint density at radius 1 is 0.377 bits per heavy atom. The van der Waals surface area contributed by atoms with Crippen LogP contribution in [0.1, 0.15) is 491 Å². The van der Waals surface area contributed by atoms with Gasteiger partial charge in [0, 0.05) is 97.1 Å². The summed E-state index contributed by atoms with van der Waals surface area (Å²) in [6, 6.07) is 0. The third-order valence-corrected chi connectivity index (χ3v) is 41.0. The first kappa shape index (κ1) is 124. The predicted octanol–water partition coefficient (Wildman–Crippen LogP) is 31.7. The Bertz CT molecular complexity index is 3970. The predicted molar refractivity (Wildman–Crippen MR) is 603 cm³/mol. The molecule has 838 valence electrons. The molecular weight excluding hydrogens is 1810 g/mol. The van der Waals surface area contributed by atoms with E-state index in [1.165, 1.54) is 269 Å². The standard InChI is InChI=1S/C49H86N2O5.C34H58N2O3.C30H52N2O2.C15H28O2/c1-8-9-10-11-12-13-14-15-16-17-35-55-46(53)28-33-51(32-27-39(5)52)34-31-50-47(54)56-41-25-29-48(6)40(36-41)21-22-42-44-24-23-43(38(4)20-18-19-37(2)3)49(44,7)30-26-45(42)48;1-23(2)8-7-9-24(3)29-12-13-30-28-11-10-26-22-27(39-32(38)36-21-20-35-19-16-25(4)37)14-17-33(26,5)31(28)15-18-34(29,30)6;1-20(2)7-6-8-21(3)25-11-12-26-24-10-9-22-19-23(34-28(33)32-18-17-31)13-15-29(22,4)27(24)14-16-30(25,26)5;1-3-5-6-7-8-9-10-11-12-13-14-17-15(16)4-2/h21,37-38,41-45H,8-20,22-36H2,1-7H3,(H,50,54);10,23-24,27-31,35H,7-9,11-22H2,1-6H3,(H,36,38);9,20-21,23-27H,6-8,10-19,31H2,1-5H3,(H,32,33);4H,2-3,5-14H2,1H3/t38-,41+,42?,43-,44+,45+,48+,49-;24-,27+,28?,29-,30+,31+,33+,34-;21-,23+,24?,25-,26+,27+,29+,30-;/m111./s1. The topological polar surface area (TPSA) is 243 Å². The van der Waals surface area contributed by atoms with Gasteiger partial charge in [-0.25, -0.2) is 19.2 Å². The molecule has 0 spiro atoms. The molecule has 0 aliphatic heterocycles. The summed E-state index contributed by atoms with van der Waals surface area (Å²) in [6.07, 6.45) is 76.7. The van der Waals surface area contributed by atoms with Crippen molar-refractivity contribution >= 4 is 41.8 Å². The molecule has 9 saturated carbocycles. The monoisotopic (exact) mass is 2040 g/mol. The zero-order valence-electron chi connectivity index (χ0n) is 97.4. The van der Waals surface area contributed by atoms with E-state index < -0.39 is 0 Å². The van der Waals surface area contributed by atoms with E-state index in [4.69, 9.17) is 29.4 Å². The van der Waals surface area contributed by atoms with Crippen molar-refractivity contribution in [3.8, 4) is 0 Å². The van der Waals surface area contributed by atoms with Crippen molar-refractivity contribution in [2.24, 2.45) is 145 Å². The summed E-state index contributed by atoms with van der Waals surface area (Å²) in [5.74, 6) is 15.0. The van der Waals surface area contributed by atoms with Crippen molar-refractivity contribution in [1.82, 2.24) is 26.2 Å². The van der Waals surface area contributed by atoms with Gasteiger partial charge >= 0.3 is 30.2 Å². The molecule has 3 amide bonds. The van der Waals surface area contributed by atoms with Gasteiger partial charge in [-0.1, -0.05) is 333 Å². The van der Waals surface area contributed by atoms with Crippen LogP contribution in [0.5, 0.6) is 0 Å². The lowest BCUT2D eigenvalue weighted by Gasteiger charge is -2.58. The Balaban J connectivity index is 0.000000231. The number of carbonyl (C=O) groups excluding carboxylic acids is 7. The number of nitrogens with zero attached hydrogens (tertiary/aromatic N) is 1. The molecule has 0 heterocycles. The fourth-order valence-electron chi connectivity index (χ4n) is 32.5. The molecule has 12 rings (SSSR count). The van der Waals surface area contributed by atoms with Gasteiger partial charge in [-0.2, -0.15) is 0 Å². The van der Waals surface area contributed by atoms with Crippen molar-refractivity contribution in [3.63, 3.8) is 0 Å². The molecular formula is C128H224N6O12. The van der Waals surface area contributed by atoms with Crippen LogP contribution < -0.4 is 27.0 Å². The summed E-state index contributed by atoms with van der Waals surface area (Å²) in [7, 11) is 0. The maximum Gasteiger partial charge on any atom is 0.407 e. The molecule has 12 aliphatic rings. The number of amides is 3. The van der Waals surface area contributed by atoms with Crippen LogP contribution in [0.3, 0.4) is 0 Å². The van der Waals surface area contributed by atoms with Gasteiger partial charge < -0.3 is 55.6 Å². The molecule has 6 N–H and O–H groups in total. The van der Waals surface area contributed by atoms with Gasteiger partial charge in [0.2, 0.25) is 0 Å². The maximum atomic E-state index is 13.0. The number of carbonyl (C=O) groups is 7. The van der Waals surface area contributed by atoms with E-state index in [2.05, 4.69) is 169 Å². The van der Waals surface area contributed by atoms with E-state index in [1.54, 1.807) is 30.6 Å². The zero-order chi connectivity index (χ0) is 106. The second kappa shape index (κ2) is 63.1. The number of alkyl carbamates (subject to hydrolysis) is 3. The first-order valence-corrected chi connectivity index (χ1v) is 61.9. The third kappa shape index (κ3) is 36.8. The van der Waals surface area contributed by atoms with Crippen LogP contribution in [-0.2, 0) is 42.9 Å². The lowest BCUT2D eigenvalue weighted by molar-refractivity contribution is -0.144. The quantitative estimate of drug-likeness (QED) is 0.0125. The minimum Gasteiger partial charge on any atom is -0.466 e. The van der Waals surface area contributed by atoms with Gasteiger partial charge in [0.1, 0.15) is 29.9 Å². The second-order valence-corrected chi connectivity index (χ2v) is 52.5. The molecule has 9 fully saturated rings. The number of esters is 2. The lowest BCUT2D eigenvalue weighted by Crippen LogP contribution is -2.51. The van der Waals surface area contributed by atoms with Crippen molar-refractivity contribution in [2.75, 3.05) is 72.1 Å². The van der Waals surface area contributed by atoms with Gasteiger partial charge in [-0.15, -0.1) is 0 Å². The SMILES string of the molecule is C=CC(=O)OCCCCCCCCCCCC.CC(=O)CCNCCNC(=O)O[C@H]1CC[C@@]2(C)C(=CCC3[C@@H]4CC[C@H]([C@H](C)CCCC(C)C)[C@@]4(C)CC[C@@H]32)C1.CC(C)CCC[C@@H](C)[C@H]1CC[C@H]2C3CC=C4C[C@@H](OC(=O)NCCN)CC[C@]4(C)[C@H]3CC[C@]12C.CCCCCCCCCCCCOC(=O)CCN(CCNC(=O)O[C@H]1CC[C@@]2(C)C(=CCC3[C@@H]4CC[C@H]([C@H](C)CCCC(C)C)[C@@]4(C)CC[C@@H]32)C1)CCC(C)=O. The van der Waals surface area contributed by atoms with E-state index in [0.717, 1.165) is 184 Å². The number of rotatable bonds is 58. The smallest absolute Gasteiger partial charge is 0.407 e. The minimum atomic E-state index is -0.358. The summed E-state index contributed by atoms with van der Waals surface area (Å²) < 4.78 is 28.1. The first-order valence-electron chi connectivity index (χ1n) is 61.9. The normalized spacial score (nSPS) is 31.3. The van der Waals surface area contributed by atoms with Crippen molar-refractivity contribution in [1.29, 1.82) is 0 Å². The van der Waals surface area contributed by atoms with E-state index >= 15 is 0 Å². The molecule has 0 aromatic rings. The van der Waals surface area contributed by atoms with Gasteiger partial charge in [-0.3, -0.25) is 14.4 Å². The highest BCUT2D eigenvalue weighted by Crippen LogP contribution is 2.72. The largest absolute Gasteiger partial charge is 0.466 e. The Morgan fingerprint density at radius 3 is 1.05 bits per heavy atom. The zero-order valence-corrected chi connectivity index (χ0v) is 97.4. The van der Waals surface area contributed by atoms with Crippen LogP contribution in [0.25, 0.3) is 0 Å². The number of nitrogens with one attached hydrogen (secondary N) is 4. The molecule has 0 aromatic heterocycles. The maximum absolute atomic E-state index is 13.0. The highest BCUT2D eigenvalue weighted by molar-refractivity contribution is 5.81. The molecule has 0 radical (unpaired) electrons. The van der Waals surface area contributed by atoms with Crippen molar-refractivity contribution < 1.29 is 57.2 Å². The van der Waals surface area contributed by atoms with Gasteiger partial charge in [0.25, 0.3) is 0 Å². The van der Waals surface area contributed by atoms with Gasteiger partial charge in [0.15, 0.2) is 0 Å². The number of ketones is 2. The molecule has 18 heteroatoms. The average Bonchev–Trinajstić information content (AvgIpc) is 1.51. The Hall–Kier alpha value is -5.07. The summed E-state index contributed by atoms with van der Waals surface area (Å²) in [6.45, 7) is 54.4. The fraction of sp³-hybridized carbons (Fsp3) is 0.883. The molecule has 146 heavy (non-hydrogen) atoms. The van der Waals surface area contributed by atoms with E-state index in [-0.39, 0.29) is 77.3 Å². The highest BCUT2D eigenvalue weighted by atomic mass is 16.6. The number of hydrogen-bond donors (Lipinski definition) is 5. The van der Waals surface area contributed by atoms with E-state index in [9.17, 15) is 33.6 Å². The number of Topliss-reactive ketones (excluding diaryl/α,β-unsaturated/α-hetero) is 2. The van der Waals surface area contributed by atoms with Crippen LogP contribution in [0, 0.1) is 139 Å². The summed E-state index contributed by atoms with van der Waals surface area (Å²) in [4.78, 5) is 85.6. The lowest BCUT2D eigenvalue weighted by atomic mass is 9.47. The Labute approximate surface area is 893 Å². The number of unbranched alkanes of at least 4 members (excludes halogenated alkanes) is 18. The summed E-state index contributed by atoms with van der Waals surface area (Å²) in [5, 5.41) is 11.8. The summed E-state index contributed by atoms with van der Waals surface area (Å²) >= 11 is 0. The number of hydrogen-bond acceptors (Lipinski definition) is 15. The van der Waals surface area contributed by atoms with Gasteiger partial charge in [0.05, 0.1) is 19.6 Å². The molecule has 0 bridgehead atoms. The Kier molecular flexibility index (Phi) is 53.7. The van der Waals surface area contributed by atoms with Gasteiger partial charge in [-0.05, 0) is 301 Å². The van der Waals surface area contributed by atoms with Crippen LogP contribution in [0.15, 0.2) is 47.6 Å². The van der Waals surface area contributed by atoms with Crippen LogP contribution in [0.4, 0.5) is 14.4 Å². The summed E-state index contributed by atoms with van der Waals surface area (Å²) in [5.41, 5.74) is 12.6. The first-order chi connectivity index (χ1) is 69.9. The highest BCUT2D eigenvalue weighted by Gasteiger charge is 2.63. The third-order valence-electron chi connectivity index (χ3n) is 41.0. The number of fused-ring (bicyclic) bond motifs is 15. The minimum absolute atomic E-state index is 0.0112. The molecule has 0 aromatic carbocycles. The molecule has 24 atom stereocenters. The second-order valence-electron chi connectivity index (χ2n) is 52.5. The van der Waals surface area contributed by atoms with Crippen molar-refractivity contribution in [2.45, 2.75) is 509 Å². The average molecular weight is 2040 g/mol. The van der Waals surface area contributed by atoms with Crippen LogP contribution in [0.2, 0.25) is 0 Å². The van der Waals surface area contributed by atoms with E-state index in [1.807, 2.05) is 0 Å². The molecule has 18 nitrogen and oxygen atoms in total. The van der Waals surface area contributed by atoms with Crippen molar-refractivity contribution in [3.05, 3.63) is 47.6 Å². The van der Waals surface area contributed by atoms with E-state index in [0.29, 0.717) is 107 Å². The Morgan fingerprint density at radius 2 is 0.712 bits per heavy atom. The number of allylic oxidation sites excluding steroid dienone is 3. The van der Waals surface area contributed by atoms with Crippen LogP contribution in [-0.4, -0.2) is 137 Å².